The summed E-state index contributed by atoms with van der Waals surface area (Å²) in [7, 11) is 0. The summed E-state index contributed by atoms with van der Waals surface area (Å²) in [5.41, 5.74) is -2.23. The number of aromatic nitrogens is 3. The van der Waals surface area contributed by atoms with Crippen molar-refractivity contribution < 1.29 is 9.53 Å². The second-order valence-electron chi connectivity index (χ2n) is 3.39. The topological polar surface area (TPSA) is 114 Å². The first-order valence-electron chi connectivity index (χ1n) is 4.63. The molecule has 0 fully saturated rings. The Morgan fingerprint density at radius 3 is 2.29 bits per heavy atom. The minimum atomic E-state index is -0.967. The maximum Gasteiger partial charge on any atom is 0.334 e. The zero-order valence-electron chi connectivity index (χ0n) is 9.11. The fraction of sp³-hybridized carbons (Fsp3) is 0.333. The Bertz CT molecular complexity index is 572. The zero-order valence-corrected chi connectivity index (χ0v) is 9.11. The maximum absolute atomic E-state index is 11.2. The molecular weight excluding hydrogens is 230 g/mol. The molecule has 92 valence electrons. The average molecular weight is 241 g/mol. The third-order valence-electron chi connectivity index (χ3n) is 1.70. The van der Waals surface area contributed by atoms with E-state index in [0.29, 0.717) is 10.1 Å². The summed E-state index contributed by atoms with van der Waals surface area (Å²) in [4.78, 5) is 48.0. The molecule has 1 rings (SSSR count). The summed E-state index contributed by atoms with van der Waals surface area (Å²) in [6.45, 7) is 4.62. The van der Waals surface area contributed by atoms with Crippen LogP contribution in [0, 0.1) is 0 Å². The summed E-state index contributed by atoms with van der Waals surface area (Å²) in [6.07, 6.45) is 0. The van der Waals surface area contributed by atoms with Crippen LogP contribution in [0.3, 0.4) is 0 Å². The highest BCUT2D eigenvalue weighted by Gasteiger charge is 2.09. The number of carbonyl (C=O) groups is 1. The quantitative estimate of drug-likeness (QED) is 0.484. The van der Waals surface area contributed by atoms with Crippen molar-refractivity contribution in [3.63, 3.8) is 0 Å². The first-order valence-corrected chi connectivity index (χ1v) is 4.63. The van der Waals surface area contributed by atoms with E-state index < -0.39 is 29.6 Å². The fourth-order valence-electron chi connectivity index (χ4n) is 0.975. The highest BCUT2D eigenvalue weighted by atomic mass is 16.5. The lowest BCUT2D eigenvalue weighted by molar-refractivity contribution is -0.143. The predicted octanol–water partition coefficient (Wildman–Crippen LogP) is -1.66. The molecule has 1 aromatic rings. The van der Waals surface area contributed by atoms with E-state index in [4.69, 9.17) is 4.74 Å². The van der Waals surface area contributed by atoms with Gasteiger partial charge in [-0.25, -0.2) is 19.0 Å². The Kier molecular flexibility index (Phi) is 3.81. The van der Waals surface area contributed by atoms with Crippen molar-refractivity contribution in [2.45, 2.75) is 13.5 Å². The molecule has 0 aliphatic carbocycles. The summed E-state index contributed by atoms with van der Waals surface area (Å²) >= 11 is 0. The molecule has 0 amide bonds. The van der Waals surface area contributed by atoms with Crippen LogP contribution in [0.2, 0.25) is 0 Å². The highest BCUT2D eigenvalue weighted by Crippen LogP contribution is 1.89. The van der Waals surface area contributed by atoms with Gasteiger partial charge >= 0.3 is 23.0 Å². The van der Waals surface area contributed by atoms with Crippen molar-refractivity contribution >= 4 is 5.97 Å². The number of esters is 1. The van der Waals surface area contributed by atoms with E-state index in [1.807, 2.05) is 9.97 Å². The van der Waals surface area contributed by atoms with Crippen LogP contribution in [0.25, 0.3) is 0 Å². The number of carbonyl (C=O) groups excluding carboxylic acids is 1. The predicted molar refractivity (Wildman–Crippen MR) is 57.7 cm³/mol. The molecule has 1 heterocycles. The Morgan fingerprint density at radius 2 is 1.82 bits per heavy atom. The van der Waals surface area contributed by atoms with Gasteiger partial charge in [0.1, 0.15) is 13.2 Å². The van der Waals surface area contributed by atoms with Gasteiger partial charge in [0, 0.05) is 0 Å². The molecule has 0 aromatic carbocycles. The van der Waals surface area contributed by atoms with Gasteiger partial charge in [0.25, 0.3) is 0 Å². The monoisotopic (exact) mass is 241 g/mol. The van der Waals surface area contributed by atoms with Crippen LogP contribution in [0.5, 0.6) is 0 Å². The van der Waals surface area contributed by atoms with Gasteiger partial charge in [0.2, 0.25) is 0 Å². The van der Waals surface area contributed by atoms with Crippen LogP contribution in [-0.4, -0.2) is 27.1 Å². The molecule has 2 N–H and O–H groups in total. The van der Waals surface area contributed by atoms with Crippen molar-refractivity contribution in [2.75, 3.05) is 6.61 Å². The van der Waals surface area contributed by atoms with E-state index in [0.717, 1.165) is 0 Å². The molecule has 8 nitrogen and oxygen atoms in total. The van der Waals surface area contributed by atoms with Gasteiger partial charge in [-0.3, -0.25) is 14.8 Å². The normalized spacial score (nSPS) is 9.94. The van der Waals surface area contributed by atoms with Gasteiger partial charge in [-0.1, -0.05) is 6.58 Å². The number of nitrogens with one attached hydrogen (secondary N) is 2. The average Bonchev–Trinajstić information content (AvgIpc) is 2.20. The lowest BCUT2D eigenvalue weighted by Crippen LogP contribution is -2.44. The molecule has 0 bridgehead atoms. The van der Waals surface area contributed by atoms with Gasteiger partial charge in [-0.2, -0.15) is 0 Å². The van der Waals surface area contributed by atoms with Gasteiger partial charge < -0.3 is 4.74 Å². The number of ether oxygens (including phenoxy) is 1. The van der Waals surface area contributed by atoms with Crippen LogP contribution in [-0.2, 0) is 16.1 Å². The minimum absolute atomic E-state index is 0.00877. The third kappa shape index (κ3) is 3.59. The Morgan fingerprint density at radius 1 is 1.29 bits per heavy atom. The first-order chi connectivity index (χ1) is 7.90. The number of rotatable bonds is 4. The van der Waals surface area contributed by atoms with Crippen LogP contribution in [0.4, 0.5) is 0 Å². The summed E-state index contributed by atoms with van der Waals surface area (Å²) < 4.78 is 5.23. The summed E-state index contributed by atoms with van der Waals surface area (Å²) in [5.74, 6) is -0.771. The van der Waals surface area contributed by atoms with E-state index in [2.05, 4.69) is 6.58 Å². The van der Waals surface area contributed by atoms with Crippen molar-refractivity contribution in [1.29, 1.82) is 0 Å². The molecule has 0 saturated carbocycles. The molecule has 8 heteroatoms. The second kappa shape index (κ2) is 5.10. The van der Waals surface area contributed by atoms with Crippen molar-refractivity contribution in [1.82, 2.24) is 14.5 Å². The standard InChI is InChI=1S/C9H11N3O5/c1-5(2)4-17-6(13)3-12-8(15)10-7(14)11-9(12)16/h1,3-4H2,2H3,(H2,10,11,14,15,16). The fourth-order valence-corrected chi connectivity index (χ4v) is 0.975. The van der Waals surface area contributed by atoms with Crippen molar-refractivity contribution in [2.24, 2.45) is 0 Å². The van der Waals surface area contributed by atoms with Gasteiger partial charge in [-0.15, -0.1) is 0 Å². The largest absolute Gasteiger partial charge is 0.460 e. The third-order valence-corrected chi connectivity index (χ3v) is 1.70. The molecular formula is C9H11N3O5. The van der Waals surface area contributed by atoms with Crippen LogP contribution in [0.1, 0.15) is 6.92 Å². The van der Waals surface area contributed by atoms with Crippen LogP contribution < -0.4 is 17.1 Å². The maximum atomic E-state index is 11.2. The highest BCUT2D eigenvalue weighted by molar-refractivity contribution is 5.69. The Hall–Kier alpha value is -2.38. The Balaban J connectivity index is 2.86. The summed E-state index contributed by atoms with van der Waals surface area (Å²) in [5, 5.41) is 0. The molecule has 0 aliphatic rings. The summed E-state index contributed by atoms with van der Waals surface area (Å²) in [6, 6.07) is 0. The molecule has 0 saturated heterocycles. The smallest absolute Gasteiger partial charge is 0.334 e. The van der Waals surface area contributed by atoms with Crippen molar-refractivity contribution in [3.8, 4) is 0 Å². The van der Waals surface area contributed by atoms with Crippen LogP contribution in [0.15, 0.2) is 26.5 Å². The molecule has 17 heavy (non-hydrogen) atoms. The van der Waals surface area contributed by atoms with E-state index >= 15 is 0 Å². The molecule has 0 atom stereocenters. The van der Waals surface area contributed by atoms with Gasteiger partial charge in [0.05, 0.1) is 0 Å². The lowest BCUT2D eigenvalue weighted by Gasteiger charge is -2.04. The van der Waals surface area contributed by atoms with E-state index in [1.54, 1.807) is 6.92 Å². The number of nitrogens with zero attached hydrogens (tertiary/aromatic N) is 1. The molecule has 0 radical (unpaired) electrons. The minimum Gasteiger partial charge on any atom is -0.460 e. The van der Waals surface area contributed by atoms with Crippen LogP contribution >= 0.6 is 0 Å². The lowest BCUT2D eigenvalue weighted by atomic mass is 10.4. The van der Waals surface area contributed by atoms with Crippen molar-refractivity contribution in [3.05, 3.63) is 43.6 Å². The molecule has 0 spiro atoms. The number of hydrogen-bond donors (Lipinski definition) is 2. The first kappa shape index (κ1) is 12.7. The van der Waals surface area contributed by atoms with Gasteiger partial charge in [0.15, 0.2) is 0 Å². The molecule has 0 aliphatic heterocycles. The molecule has 0 unspecified atom stereocenters. The Labute approximate surface area is 94.6 Å². The number of hydrogen-bond acceptors (Lipinski definition) is 5. The van der Waals surface area contributed by atoms with E-state index in [-0.39, 0.29) is 6.61 Å². The zero-order chi connectivity index (χ0) is 13.0. The van der Waals surface area contributed by atoms with E-state index in [9.17, 15) is 19.2 Å². The number of H-pyrrole nitrogens is 2. The van der Waals surface area contributed by atoms with Gasteiger partial charge in [-0.05, 0) is 12.5 Å². The SMILES string of the molecule is C=C(C)COC(=O)Cn1c(=O)[nH]c(=O)[nH]c1=O. The number of aromatic amines is 2. The molecule has 1 aromatic heterocycles. The second-order valence-corrected chi connectivity index (χ2v) is 3.39. The van der Waals surface area contributed by atoms with E-state index in [1.165, 1.54) is 0 Å².